The predicted octanol–water partition coefficient (Wildman–Crippen LogP) is 6.26. The molecule has 0 spiro atoms. The monoisotopic (exact) mass is 353 g/mol. The second kappa shape index (κ2) is 6.24. The van der Waals surface area contributed by atoms with E-state index in [4.69, 9.17) is 0 Å². The maximum absolute atomic E-state index is 4.56. The third kappa shape index (κ3) is 2.70. The van der Waals surface area contributed by atoms with Crippen LogP contribution in [0.4, 0.5) is 11.4 Å². The van der Waals surface area contributed by atoms with E-state index in [1.54, 1.807) is 11.3 Å². The minimum atomic E-state index is 0.978. The predicted molar refractivity (Wildman–Crippen MR) is 110 cm³/mol. The van der Waals surface area contributed by atoms with E-state index in [1.165, 1.54) is 15.8 Å². The first-order valence-corrected chi connectivity index (χ1v) is 9.29. The molecule has 0 aliphatic rings. The van der Waals surface area contributed by atoms with Crippen molar-refractivity contribution in [3.8, 4) is 11.1 Å². The molecule has 0 bridgehead atoms. The summed E-state index contributed by atoms with van der Waals surface area (Å²) in [6.45, 7) is 0. The van der Waals surface area contributed by atoms with Crippen LogP contribution in [0.3, 0.4) is 0 Å². The van der Waals surface area contributed by atoms with Crippen LogP contribution in [0.2, 0.25) is 0 Å². The third-order valence-corrected chi connectivity index (χ3v) is 5.27. The Hall–Kier alpha value is -3.24. The first-order valence-electron chi connectivity index (χ1n) is 8.41. The fourth-order valence-electron chi connectivity index (χ4n) is 3.16. The van der Waals surface area contributed by atoms with Gasteiger partial charge < -0.3 is 5.32 Å². The average Bonchev–Trinajstić information content (AvgIpc) is 3.16. The highest BCUT2D eigenvalue weighted by Crippen LogP contribution is 2.30. The summed E-state index contributed by atoms with van der Waals surface area (Å²) in [6, 6.07) is 25.1. The Morgan fingerprint density at radius 3 is 2.58 bits per heavy atom. The van der Waals surface area contributed by atoms with Crippen LogP contribution >= 0.6 is 11.3 Å². The summed E-state index contributed by atoms with van der Waals surface area (Å²) in [4.78, 5) is 8.96. The van der Waals surface area contributed by atoms with E-state index in [-0.39, 0.29) is 0 Å². The number of aromatic nitrogens is 2. The van der Waals surface area contributed by atoms with E-state index in [2.05, 4.69) is 75.9 Å². The average molecular weight is 353 g/mol. The van der Waals surface area contributed by atoms with Crippen molar-refractivity contribution >= 4 is 43.8 Å². The lowest BCUT2D eigenvalue weighted by atomic mass is 10.0. The minimum absolute atomic E-state index is 0.978. The zero-order chi connectivity index (χ0) is 17.3. The molecule has 2 heterocycles. The van der Waals surface area contributed by atoms with Crippen molar-refractivity contribution in [3.05, 3.63) is 84.5 Å². The van der Waals surface area contributed by atoms with E-state index >= 15 is 0 Å². The number of thiazole rings is 1. The largest absolute Gasteiger partial charge is 0.355 e. The van der Waals surface area contributed by atoms with Gasteiger partial charge in [-0.2, -0.15) is 0 Å². The van der Waals surface area contributed by atoms with Crippen LogP contribution in [0.25, 0.3) is 32.2 Å². The van der Waals surface area contributed by atoms with Crippen molar-refractivity contribution in [1.82, 2.24) is 9.97 Å². The highest BCUT2D eigenvalue weighted by molar-refractivity contribution is 7.16. The van der Waals surface area contributed by atoms with Crippen LogP contribution in [-0.2, 0) is 0 Å². The maximum Gasteiger partial charge on any atom is 0.0832 e. The zero-order valence-electron chi connectivity index (χ0n) is 13.9. The number of nitrogens with zero attached hydrogens (tertiary/aromatic N) is 2. The molecule has 0 radical (unpaired) electrons. The fourth-order valence-corrected chi connectivity index (χ4v) is 3.82. The van der Waals surface area contributed by atoms with E-state index in [9.17, 15) is 0 Å². The Labute approximate surface area is 155 Å². The smallest absolute Gasteiger partial charge is 0.0832 e. The Bertz CT molecular complexity index is 1210. The molecule has 1 N–H and O–H groups in total. The molecule has 0 aliphatic carbocycles. The lowest BCUT2D eigenvalue weighted by Crippen LogP contribution is -1.93. The number of nitrogens with one attached hydrogen (secondary N) is 1. The summed E-state index contributed by atoms with van der Waals surface area (Å²) in [5.74, 6) is 0. The lowest BCUT2D eigenvalue weighted by molar-refractivity contribution is 1.40. The van der Waals surface area contributed by atoms with E-state index < -0.39 is 0 Å². The molecule has 3 aromatic carbocycles. The van der Waals surface area contributed by atoms with Gasteiger partial charge in [-0.25, -0.2) is 4.98 Å². The van der Waals surface area contributed by atoms with Crippen LogP contribution in [0.5, 0.6) is 0 Å². The van der Waals surface area contributed by atoms with Gasteiger partial charge in [-0.05, 0) is 41.5 Å². The number of hydrogen-bond donors (Lipinski definition) is 1. The van der Waals surface area contributed by atoms with Crippen LogP contribution < -0.4 is 5.32 Å². The number of anilines is 2. The van der Waals surface area contributed by atoms with Crippen molar-refractivity contribution in [3.63, 3.8) is 0 Å². The number of pyridine rings is 1. The standard InChI is InChI=1S/C22H15N3S/c1-2-4-15(5-3-1)16-6-8-18-19(10-11-23-20(18)12-16)25-17-7-9-22-21(13-17)24-14-26-22/h1-14H,(H,23,25). The molecule has 0 saturated heterocycles. The Kier molecular flexibility index (Phi) is 3.61. The van der Waals surface area contributed by atoms with Gasteiger partial charge in [0.05, 0.1) is 21.2 Å². The lowest BCUT2D eigenvalue weighted by Gasteiger charge is -2.11. The van der Waals surface area contributed by atoms with Crippen LogP contribution in [0.15, 0.2) is 84.5 Å². The molecule has 0 saturated carbocycles. The van der Waals surface area contributed by atoms with Crippen molar-refractivity contribution in [2.24, 2.45) is 0 Å². The molecule has 0 fully saturated rings. The summed E-state index contributed by atoms with van der Waals surface area (Å²) < 4.78 is 1.20. The van der Waals surface area contributed by atoms with Crippen LogP contribution in [0, 0.1) is 0 Å². The summed E-state index contributed by atoms with van der Waals surface area (Å²) in [7, 11) is 0. The number of hydrogen-bond acceptors (Lipinski definition) is 4. The van der Waals surface area contributed by atoms with Gasteiger partial charge in [0.2, 0.25) is 0 Å². The van der Waals surface area contributed by atoms with Crippen molar-refractivity contribution < 1.29 is 0 Å². The molecular formula is C22H15N3S. The van der Waals surface area contributed by atoms with Gasteiger partial charge in [-0.3, -0.25) is 4.98 Å². The first-order chi connectivity index (χ1) is 12.9. The Balaban J connectivity index is 1.55. The van der Waals surface area contributed by atoms with Gasteiger partial charge in [0.15, 0.2) is 0 Å². The van der Waals surface area contributed by atoms with Gasteiger partial charge in [-0.15, -0.1) is 11.3 Å². The van der Waals surface area contributed by atoms with Crippen molar-refractivity contribution in [1.29, 1.82) is 0 Å². The van der Waals surface area contributed by atoms with Gasteiger partial charge in [-0.1, -0.05) is 42.5 Å². The van der Waals surface area contributed by atoms with Crippen molar-refractivity contribution in [2.45, 2.75) is 0 Å². The minimum Gasteiger partial charge on any atom is -0.355 e. The zero-order valence-corrected chi connectivity index (χ0v) is 14.7. The SMILES string of the molecule is c1ccc(-c2ccc3c(Nc4ccc5scnc5c4)ccnc3c2)cc1. The second-order valence-corrected chi connectivity index (χ2v) is 7.00. The van der Waals surface area contributed by atoms with E-state index in [0.717, 1.165) is 27.8 Å². The summed E-state index contributed by atoms with van der Waals surface area (Å²) >= 11 is 1.66. The molecule has 0 aliphatic heterocycles. The third-order valence-electron chi connectivity index (χ3n) is 4.46. The highest BCUT2D eigenvalue weighted by Gasteiger charge is 2.06. The van der Waals surface area contributed by atoms with Crippen molar-refractivity contribution in [2.75, 3.05) is 5.32 Å². The quantitative estimate of drug-likeness (QED) is 0.416. The molecular weight excluding hydrogens is 338 g/mol. The first kappa shape index (κ1) is 15.0. The molecule has 4 heteroatoms. The summed E-state index contributed by atoms with van der Waals surface area (Å²) in [5, 5.41) is 4.62. The highest BCUT2D eigenvalue weighted by atomic mass is 32.1. The molecule has 0 amide bonds. The van der Waals surface area contributed by atoms with Gasteiger partial charge in [0.1, 0.15) is 0 Å². The molecule has 3 nitrogen and oxygen atoms in total. The van der Waals surface area contributed by atoms with E-state index in [0.29, 0.717) is 0 Å². The normalized spacial score (nSPS) is 11.1. The molecule has 2 aromatic heterocycles. The Morgan fingerprint density at radius 2 is 1.65 bits per heavy atom. The molecule has 0 unspecified atom stereocenters. The summed E-state index contributed by atoms with van der Waals surface area (Å²) in [5.41, 5.74) is 8.32. The maximum atomic E-state index is 4.56. The molecule has 26 heavy (non-hydrogen) atoms. The number of rotatable bonds is 3. The topological polar surface area (TPSA) is 37.8 Å². The second-order valence-electron chi connectivity index (χ2n) is 6.12. The van der Waals surface area contributed by atoms with Gasteiger partial charge in [0, 0.05) is 23.0 Å². The van der Waals surface area contributed by atoms with Gasteiger partial charge in [0.25, 0.3) is 0 Å². The van der Waals surface area contributed by atoms with E-state index in [1.807, 2.05) is 23.8 Å². The molecule has 5 rings (SSSR count). The number of fused-ring (bicyclic) bond motifs is 2. The van der Waals surface area contributed by atoms with Crippen LogP contribution in [0.1, 0.15) is 0 Å². The summed E-state index contributed by atoms with van der Waals surface area (Å²) in [6.07, 6.45) is 1.85. The molecule has 124 valence electrons. The molecule has 5 aromatic rings. The molecule has 0 atom stereocenters. The van der Waals surface area contributed by atoms with Crippen LogP contribution in [-0.4, -0.2) is 9.97 Å². The van der Waals surface area contributed by atoms with Gasteiger partial charge >= 0.3 is 0 Å². The fraction of sp³-hybridized carbons (Fsp3) is 0. The number of benzene rings is 3. The Morgan fingerprint density at radius 1 is 0.731 bits per heavy atom.